The second kappa shape index (κ2) is 31.0. The summed E-state index contributed by atoms with van der Waals surface area (Å²) >= 11 is 0. The predicted molar refractivity (Wildman–Crippen MR) is 453 cm³/mol. The summed E-state index contributed by atoms with van der Waals surface area (Å²) in [5.41, 5.74) is 20.0. The number of phenolic OH excluding ortho intramolecular Hbond substituents is 1. The molecule has 6 amide bonds. The fraction of sp³-hybridized carbons (Fsp3) is 0.449. The molecule has 3 N–H and O–H groups in total. The highest BCUT2D eigenvalue weighted by atomic mass is 16.5. The largest absolute Gasteiger partial charge is 0.508 e. The van der Waals surface area contributed by atoms with Crippen LogP contribution in [0.2, 0.25) is 0 Å². The van der Waals surface area contributed by atoms with E-state index in [2.05, 4.69) is 219 Å². The SMILES string of the molecule is CC(C)(C)Oc1ccc2c(c1)CC[C@H](c1ccccc1)C2c1ccc(N2CCC3(CC2)CC(N2CCN(c4ccc5c(c4)CN(C4CCC(=O)NC4=O)C5=O)CC2)C3)cc1.O=C1CCC(N2Cc3cc(N4CCN(C5CC6(CCN(c7ccc(C8c9ccc(O)cc9CC[C@@H]8c8ccccc8)cc7)CC6)C5)CC4)ccc3C2=O)C(=O)N1. The van der Waals surface area contributed by atoms with E-state index in [9.17, 15) is 33.9 Å². The van der Waals surface area contributed by atoms with E-state index in [1.54, 1.807) is 9.80 Å². The van der Waals surface area contributed by atoms with E-state index in [4.69, 9.17) is 4.74 Å². The first-order valence-corrected chi connectivity index (χ1v) is 43.3. The van der Waals surface area contributed by atoms with Crippen molar-refractivity contribution in [1.82, 2.24) is 30.2 Å². The fourth-order valence-corrected chi connectivity index (χ4v) is 22.6. The smallest absolute Gasteiger partial charge is 0.255 e. The van der Waals surface area contributed by atoms with Crippen LogP contribution in [0.4, 0.5) is 22.7 Å². The number of carbonyl (C=O) groups excluding carboxylic acids is 6. The van der Waals surface area contributed by atoms with Crippen LogP contribution in [-0.2, 0) is 45.1 Å². The number of anilines is 4. The van der Waals surface area contributed by atoms with Crippen molar-refractivity contribution in [3.05, 3.63) is 249 Å². The Hall–Kier alpha value is -10.3. The van der Waals surface area contributed by atoms with Gasteiger partial charge < -0.3 is 39.2 Å². The maximum Gasteiger partial charge on any atom is 0.255 e. The summed E-state index contributed by atoms with van der Waals surface area (Å²) in [6.07, 6.45) is 15.8. The number of piperazine rings is 2. The van der Waals surface area contributed by atoms with Crippen molar-refractivity contribution in [2.24, 2.45) is 10.8 Å². The molecule has 8 aromatic rings. The van der Waals surface area contributed by atoms with Gasteiger partial charge in [0, 0.05) is 162 Å². The third-order valence-electron chi connectivity index (χ3n) is 29.0. The summed E-state index contributed by atoms with van der Waals surface area (Å²) < 4.78 is 6.29. The van der Waals surface area contributed by atoms with Crippen LogP contribution in [0.25, 0.3) is 0 Å². The van der Waals surface area contributed by atoms with Crippen LogP contribution in [0.15, 0.2) is 182 Å². The van der Waals surface area contributed by atoms with E-state index in [0.717, 1.165) is 132 Å². The molecule has 8 aliphatic heterocycles. The zero-order valence-corrected chi connectivity index (χ0v) is 67.5. The van der Waals surface area contributed by atoms with Crippen LogP contribution in [0.1, 0.15) is 211 Å². The second-order valence-electron chi connectivity index (χ2n) is 36.8. The summed E-state index contributed by atoms with van der Waals surface area (Å²) in [7, 11) is 0. The molecule has 18 nitrogen and oxygen atoms in total. The summed E-state index contributed by atoms with van der Waals surface area (Å²) in [6, 6.07) is 66.3. The van der Waals surface area contributed by atoms with E-state index in [0.29, 0.717) is 83.5 Å². The molecule has 0 radical (unpaired) electrons. The highest BCUT2D eigenvalue weighted by Crippen LogP contribution is 2.55. The number of ether oxygens (including phenoxy) is 1. The van der Waals surface area contributed by atoms with Crippen molar-refractivity contribution in [1.29, 1.82) is 0 Å². The molecule has 600 valence electrons. The lowest BCUT2D eigenvalue weighted by Crippen LogP contribution is -2.59. The Morgan fingerprint density at radius 1 is 0.388 bits per heavy atom. The number of aryl methyl sites for hydroxylation is 2. The van der Waals surface area contributed by atoms with E-state index >= 15 is 0 Å². The van der Waals surface area contributed by atoms with Gasteiger partial charge in [-0.3, -0.25) is 49.2 Å². The van der Waals surface area contributed by atoms with Crippen molar-refractivity contribution >= 4 is 58.2 Å². The standard InChI is InChI=1S/C51H59N5O4.C47H51N5O4/c1-50(2,3)60-41-15-18-43-36(30-41)11-16-42(34-7-5-4-6-8-34)47(43)35-9-12-38(13-10-35)53-23-21-51(22-24-53)31-40(32-51)55-27-25-54(26-28-55)39-14-17-44-37(29-39)33-56(49(44)59)45-19-20-46(57)52-48(45)58;53-38-12-15-40-33(27-38)8-13-39(31-4-2-1-3-5-31)44(40)32-6-9-35(10-7-32)49-20-18-47(19-21-49)28-37(29-47)51-24-22-50(23-25-51)36-11-14-41-34(26-36)30-52(46(41)56)42-16-17-43(54)48-45(42)55/h4-10,12-15,17-18,29-30,40,42,45,47H,11,16,19-28,31-33H2,1-3H3,(H,52,57,58);1-7,9-12,14-15,26-27,37,39,42,44,53H,8,13,16-25,28-30H2,(H,48,54,55)/t42-,45?,47?;39-,42?,44?/m11/s1. The van der Waals surface area contributed by atoms with Gasteiger partial charge in [-0.2, -0.15) is 0 Å². The summed E-state index contributed by atoms with van der Waals surface area (Å²) in [4.78, 5) is 93.5. The Labute approximate surface area is 682 Å². The van der Waals surface area contributed by atoms with Crippen molar-refractivity contribution in [2.45, 2.75) is 190 Å². The number of phenols is 1. The van der Waals surface area contributed by atoms with Crippen molar-refractivity contribution < 1.29 is 38.6 Å². The number of amides is 6. The maximum atomic E-state index is 13.2. The molecule has 2 saturated carbocycles. The first-order valence-electron chi connectivity index (χ1n) is 43.3. The van der Waals surface area contributed by atoms with Gasteiger partial charge in [0.1, 0.15) is 29.2 Å². The molecule has 8 aromatic carbocycles. The van der Waals surface area contributed by atoms with Crippen LogP contribution in [-0.4, -0.2) is 168 Å². The minimum absolute atomic E-state index is 0.112. The molecule has 18 heteroatoms. The predicted octanol–water partition coefficient (Wildman–Crippen LogP) is 14.6. The first-order chi connectivity index (χ1) is 56.3. The molecular formula is C98H110N10O8. The number of aromatic hydroxyl groups is 1. The number of benzene rings is 8. The molecule has 6 saturated heterocycles. The van der Waals surface area contributed by atoms with Gasteiger partial charge in [-0.05, 0) is 274 Å². The lowest BCUT2D eigenvalue weighted by Gasteiger charge is -2.56. The van der Waals surface area contributed by atoms with Gasteiger partial charge in [-0.15, -0.1) is 0 Å². The zero-order chi connectivity index (χ0) is 79.1. The molecule has 0 bridgehead atoms. The highest BCUT2D eigenvalue weighted by Gasteiger charge is 2.51. The number of imide groups is 2. The average Bonchev–Trinajstić information content (AvgIpc) is 1.28. The number of carbonyl (C=O) groups is 6. The monoisotopic (exact) mass is 1550 g/mol. The third-order valence-corrected chi connectivity index (χ3v) is 29.0. The van der Waals surface area contributed by atoms with E-state index in [-0.39, 0.29) is 59.8 Å². The Balaban J connectivity index is 0.000000155. The number of rotatable bonds is 13. The Bertz CT molecular complexity index is 5040. The van der Waals surface area contributed by atoms with Crippen molar-refractivity contribution in [2.75, 3.05) is 98.1 Å². The van der Waals surface area contributed by atoms with E-state index in [1.807, 2.05) is 24.3 Å². The van der Waals surface area contributed by atoms with Crippen LogP contribution in [0.5, 0.6) is 11.5 Å². The molecule has 20 rings (SSSR count). The maximum absolute atomic E-state index is 13.2. The second-order valence-corrected chi connectivity index (χ2v) is 36.8. The molecule has 8 fully saturated rings. The number of fused-ring (bicyclic) bond motifs is 4. The average molecular weight is 1560 g/mol. The summed E-state index contributed by atoms with van der Waals surface area (Å²) in [5, 5.41) is 15.0. The summed E-state index contributed by atoms with van der Waals surface area (Å²) in [6.45, 7) is 19.7. The number of piperidine rings is 4. The summed E-state index contributed by atoms with van der Waals surface area (Å²) in [5.74, 6) is 1.27. The van der Waals surface area contributed by atoms with Gasteiger partial charge in [0.05, 0.1) is 0 Å². The molecule has 8 heterocycles. The van der Waals surface area contributed by atoms with Gasteiger partial charge in [-0.1, -0.05) is 97.1 Å². The Kier molecular flexibility index (Phi) is 20.2. The van der Waals surface area contributed by atoms with E-state index < -0.39 is 12.1 Å². The van der Waals surface area contributed by atoms with Crippen LogP contribution >= 0.6 is 0 Å². The van der Waals surface area contributed by atoms with Crippen molar-refractivity contribution in [3.8, 4) is 11.5 Å². The van der Waals surface area contributed by atoms with Crippen molar-refractivity contribution in [3.63, 3.8) is 0 Å². The molecule has 4 aliphatic carbocycles. The van der Waals surface area contributed by atoms with Gasteiger partial charge in [0.15, 0.2) is 0 Å². The quantitative estimate of drug-likeness (QED) is 0.0927. The lowest BCUT2D eigenvalue weighted by atomic mass is 9.60. The number of nitrogens with one attached hydrogen (secondary N) is 2. The molecule has 2 spiro atoms. The van der Waals surface area contributed by atoms with E-state index in [1.165, 1.54) is 107 Å². The molecule has 0 aromatic heterocycles. The van der Waals surface area contributed by atoms with Gasteiger partial charge in [0.25, 0.3) is 11.8 Å². The minimum atomic E-state index is -0.582. The van der Waals surface area contributed by atoms with Gasteiger partial charge >= 0.3 is 0 Å². The van der Waals surface area contributed by atoms with Crippen LogP contribution in [0.3, 0.4) is 0 Å². The first kappa shape index (κ1) is 75.7. The van der Waals surface area contributed by atoms with Gasteiger partial charge in [0.2, 0.25) is 23.6 Å². The number of nitrogens with zero attached hydrogens (tertiary/aromatic N) is 8. The normalized spacial score (nSPS) is 25.3. The molecule has 6 atom stereocenters. The highest BCUT2D eigenvalue weighted by molar-refractivity contribution is 6.07. The molecular weight excluding hydrogens is 1450 g/mol. The Morgan fingerprint density at radius 3 is 1.20 bits per heavy atom. The zero-order valence-electron chi connectivity index (χ0n) is 67.5. The molecule has 12 aliphatic rings. The minimum Gasteiger partial charge on any atom is -0.508 e. The number of hydrogen-bond donors (Lipinski definition) is 3. The van der Waals surface area contributed by atoms with Crippen LogP contribution < -0.4 is 35.0 Å². The topological polar surface area (TPSA) is 182 Å². The Morgan fingerprint density at radius 2 is 0.784 bits per heavy atom. The fourth-order valence-electron chi connectivity index (χ4n) is 22.6. The van der Waals surface area contributed by atoms with Gasteiger partial charge in [-0.25, -0.2) is 0 Å². The van der Waals surface area contributed by atoms with Crippen LogP contribution in [0, 0.1) is 10.8 Å². The lowest BCUT2D eigenvalue weighted by molar-refractivity contribution is -0.138. The number of hydrogen-bond acceptors (Lipinski definition) is 14. The third kappa shape index (κ3) is 14.9. The molecule has 4 unspecified atom stereocenters. The molecule has 116 heavy (non-hydrogen) atoms.